The Hall–Kier alpha value is -2.14. The zero-order valence-corrected chi connectivity index (χ0v) is 13.9. The number of aromatic nitrogens is 2. The standard InChI is InChI=1S/C19H24N4O/c24-19(22-10-6-16-13-20-14-17(16)7-11-22)12-15-2-4-18(5-3-15)23-9-1-8-21-23/h1-5,8-9,16-17,20H,6-7,10-14H2/t16-,17+. The number of hydrogen-bond donors (Lipinski definition) is 1. The first-order valence-electron chi connectivity index (χ1n) is 8.87. The number of rotatable bonds is 3. The van der Waals surface area contributed by atoms with Gasteiger partial charge in [-0.3, -0.25) is 4.79 Å². The van der Waals surface area contributed by atoms with E-state index in [1.165, 1.54) is 0 Å². The van der Waals surface area contributed by atoms with Gasteiger partial charge in [-0.25, -0.2) is 4.68 Å². The number of benzene rings is 1. The Bertz CT molecular complexity index is 666. The Kier molecular flexibility index (Phi) is 4.34. The Labute approximate surface area is 142 Å². The molecule has 2 saturated heterocycles. The third kappa shape index (κ3) is 3.22. The first-order chi connectivity index (χ1) is 11.8. The predicted octanol–water partition coefficient (Wildman–Crippen LogP) is 1.87. The summed E-state index contributed by atoms with van der Waals surface area (Å²) in [7, 11) is 0. The van der Waals surface area contributed by atoms with E-state index >= 15 is 0 Å². The molecule has 0 unspecified atom stereocenters. The molecule has 2 aliphatic heterocycles. The first kappa shape index (κ1) is 15.4. The van der Waals surface area contributed by atoms with Crippen molar-refractivity contribution in [1.29, 1.82) is 0 Å². The van der Waals surface area contributed by atoms with Gasteiger partial charge in [-0.05, 0) is 61.5 Å². The van der Waals surface area contributed by atoms with Crippen LogP contribution in [0.25, 0.3) is 5.69 Å². The minimum atomic E-state index is 0.259. The predicted molar refractivity (Wildman–Crippen MR) is 92.9 cm³/mol. The van der Waals surface area contributed by atoms with Crippen molar-refractivity contribution in [2.75, 3.05) is 26.2 Å². The topological polar surface area (TPSA) is 50.2 Å². The van der Waals surface area contributed by atoms with Crippen LogP contribution in [0.1, 0.15) is 18.4 Å². The van der Waals surface area contributed by atoms with Crippen LogP contribution in [0.2, 0.25) is 0 Å². The maximum absolute atomic E-state index is 12.6. The van der Waals surface area contributed by atoms with Crippen LogP contribution in [-0.4, -0.2) is 46.8 Å². The van der Waals surface area contributed by atoms with E-state index in [0.717, 1.165) is 62.1 Å². The number of nitrogens with one attached hydrogen (secondary N) is 1. The second-order valence-electron chi connectivity index (χ2n) is 6.93. The van der Waals surface area contributed by atoms with Crippen LogP contribution in [0.3, 0.4) is 0 Å². The molecule has 4 rings (SSSR count). The van der Waals surface area contributed by atoms with Gasteiger partial charge in [0.15, 0.2) is 0 Å². The Morgan fingerprint density at radius 3 is 2.46 bits per heavy atom. The molecule has 126 valence electrons. The molecule has 2 atom stereocenters. The molecule has 2 aromatic rings. The quantitative estimate of drug-likeness (QED) is 0.938. The van der Waals surface area contributed by atoms with Crippen LogP contribution in [0.4, 0.5) is 0 Å². The molecule has 0 spiro atoms. The molecule has 0 radical (unpaired) electrons. The number of hydrogen-bond acceptors (Lipinski definition) is 3. The summed E-state index contributed by atoms with van der Waals surface area (Å²) in [5.41, 5.74) is 2.09. The van der Waals surface area contributed by atoms with Gasteiger partial charge in [0.1, 0.15) is 0 Å². The number of likely N-dealkylation sites (tertiary alicyclic amines) is 1. The van der Waals surface area contributed by atoms with Crippen molar-refractivity contribution in [3.8, 4) is 5.69 Å². The summed E-state index contributed by atoms with van der Waals surface area (Å²) in [5, 5.41) is 7.71. The SMILES string of the molecule is O=C(Cc1ccc(-n2cccn2)cc1)N1CC[C@@H]2CNC[C@@H]2CC1. The first-order valence-corrected chi connectivity index (χ1v) is 8.87. The average Bonchev–Trinajstić information content (AvgIpc) is 3.24. The maximum Gasteiger partial charge on any atom is 0.226 e. The van der Waals surface area contributed by atoms with Crippen molar-refractivity contribution in [1.82, 2.24) is 20.0 Å². The van der Waals surface area contributed by atoms with E-state index in [2.05, 4.69) is 15.3 Å². The lowest BCUT2D eigenvalue weighted by Crippen LogP contribution is -2.33. The van der Waals surface area contributed by atoms with Crippen molar-refractivity contribution < 1.29 is 4.79 Å². The number of carbonyl (C=O) groups is 1. The fraction of sp³-hybridized carbons (Fsp3) is 0.474. The highest BCUT2D eigenvalue weighted by atomic mass is 16.2. The van der Waals surface area contributed by atoms with Gasteiger partial charge >= 0.3 is 0 Å². The van der Waals surface area contributed by atoms with Crippen molar-refractivity contribution in [3.63, 3.8) is 0 Å². The molecular formula is C19H24N4O. The summed E-state index contributed by atoms with van der Waals surface area (Å²) in [6.45, 7) is 4.07. The van der Waals surface area contributed by atoms with Gasteiger partial charge in [0.2, 0.25) is 5.91 Å². The molecule has 24 heavy (non-hydrogen) atoms. The zero-order valence-electron chi connectivity index (χ0n) is 13.9. The smallest absolute Gasteiger partial charge is 0.226 e. The molecule has 5 nitrogen and oxygen atoms in total. The highest BCUT2D eigenvalue weighted by Crippen LogP contribution is 2.27. The largest absolute Gasteiger partial charge is 0.342 e. The van der Waals surface area contributed by atoms with Crippen LogP contribution in [0.5, 0.6) is 0 Å². The Morgan fingerprint density at radius 2 is 1.83 bits per heavy atom. The van der Waals surface area contributed by atoms with Crippen LogP contribution in [-0.2, 0) is 11.2 Å². The van der Waals surface area contributed by atoms with E-state index < -0.39 is 0 Å². The average molecular weight is 324 g/mol. The second-order valence-corrected chi connectivity index (χ2v) is 6.93. The lowest BCUT2D eigenvalue weighted by Gasteiger charge is -2.21. The second kappa shape index (κ2) is 6.77. The van der Waals surface area contributed by atoms with Gasteiger partial charge in [-0.2, -0.15) is 5.10 Å². The molecule has 2 aliphatic rings. The fourth-order valence-electron chi connectivity index (χ4n) is 3.94. The van der Waals surface area contributed by atoms with Crippen LogP contribution in [0, 0.1) is 11.8 Å². The number of carbonyl (C=O) groups excluding carboxylic acids is 1. The number of amides is 1. The third-order valence-corrected chi connectivity index (χ3v) is 5.43. The highest BCUT2D eigenvalue weighted by molar-refractivity contribution is 5.78. The highest BCUT2D eigenvalue weighted by Gasteiger charge is 2.31. The summed E-state index contributed by atoms with van der Waals surface area (Å²) in [6, 6.07) is 10.0. The van der Waals surface area contributed by atoms with Gasteiger partial charge in [-0.1, -0.05) is 12.1 Å². The molecule has 0 aliphatic carbocycles. The summed E-state index contributed by atoms with van der Waals surface area (Å²) in [4.78, 5) is 14.7. The van der Waals surface area contributed by atoms with Crippen LogP contribution in [0.15, 0.2) is 42.7 Å². The third-order valence-electron chi connectivity index (χ3n) is 5.43. The van der Waals surface area contributed by atoms with E-state index in [1.54, 1.807) is 6.20 Å². The number of nitrogens with zero attached hydrogens (tertiary/aromatic N) is 3. The minimum absolute atomic E-state index is 0.259. The molecule has 3 heterocycles. The Balaban J connectivity index is 1.37. The van der Waals surface area contributed by atoms with Crippen molar-refractivity contribution >= 4 is 5.91 Å². The fourth-order valence-corrected chi connectivity index (χ4v) is 3.94. The molecular weight excluding hydrogens is 300 g/mol. The molecule has 1 amide bonds. The van der Waals surface area contributed by atoms with E-state index in [4.69, 9.17) is 0 Å². The molecule has 0 bridgehead atoms. The molecule has 5 heteroatoms. The van der Waals surface area contributed by atoms with Gasteiger partial charge in [0.25, 0.3) is 0 Å². The lowest BCUT2D eigenvalue weighted by molar-refractivity contribution is -0.130. The molecule has 1 aromatic carbocycles. The Morgan fingerprint density at radius 1 is 1.12 bits per heavy atom. The molecule has 0 saturated carbocycles. The van der Waals surface area contributed by atoms with Crippen molar-refractivity contribution in [2.45, 2.75) is 19.3 Å². The summed E-state index contributed by atoms with van der Waals surface area (Å²) in [6.07, 6.45) is 6.46. The van der Waals surface area contributed by atoms with E-state index in [1.807, 2.05) is 41.2 Å². The normalized spacial score (nSPS) is 23.8. The van der Waals surface area contributed by atoms with Gasteiger partial charge < -0.3 is 10.2 Å². The molecule has 1 N–H and O–H groups in total. The van der Waals surface area contributed by atoms with Crippen molar-refractivity contribution in [2.24, 2.45) is 11.8 Å². The van der Waals surface area contributed by atoms with E-state index in [-0.39, 0.29) is 5.91 Å². The van der Waals surface area contributed by atoms with Gasteiger partial charge in [-0.15, -0.1) is 0 Å². The monoisotopic (exact) mass is 324 g/mol. The van der Waals surface area contributed by atoms with Crippen LogP contribution >= 0.6 is 0 Å². The van der Waals surface area contributed by atoms with E-state index in [0.29, 0.717) is 6.42 Å². The maximum atomic E-state index is 12.6. The summed E-state index contributed by atoms with van der Waals surface area (Å²) in [5.74, 6) is 1.78. The van der Waals surface area contributed by atoms with Crippen LogP contribution < -0.4 is 5.32 Å². The molecule has 2 fully saturated rings. The summed E-state index contributed by atoms with van der Waals surface area (Å²) >= 11 is 0. The van der Waals surface area contributed by atoms with Gasteiger partial charge in [0.05, 0.1) is 12.1 Å². The zero-order chi connectivity index (χ0) is 16.4. The summed E-state index contributed by atoms with van der Waals surface area (Å²) < 4.78 is 1.83. The number of fused-ring (bicyclic) bond motifs is 1. The van der Waals surface area contributed by atoms with Crippen molar-refractivity contribution in [3.05, 3.63) is 48.3 Å². The lowest BCUT2D eigenvalue weighted by atomic mass is 9.92. The van der Waals surface area contributed by atoms with E-state index in [9.17, 15) is 4.79 Å². The minimum Gasteiger partial charge on any atom is -0.342 e. The molecule has 1 aromatic heterocycles. The van der Waals surface area contributed by atoms with Gasteiger partial charge in [0, 0.05) is 25.5 Å².